The van der Waals surface area contributed by atoms with E-state index in [1.165, 1.54) is 0 Å². The Labute approximate surface area is 112 Å². The second-order valence-electron chi connectivity index (χ2n) is 4.17. The van der Waals surface area contributed by atoms with Crippen molar-refractivity contribution in [3.05, 3.63) is 52.3 Å². The first-order valence-corrected chi connectivity index (χ1v) is 6.23. The van der Waals surface area contributed by atoms with Crippen molar-refractivity contribution in [2.75, 3.05) is 0 Å². The maximum absolute atomic E-state index is 9.20. The van der Waals surface area contributed by atoms with E-state index in [4.69, 9.17) is 11.6 Å². The van der Waals surface area contributed by atoms with Gasteiger partial charge < -0.3 is 0 Å². The highest BCUT2D eigenvalue weighted by atomic mass is 35.5. The Morgan fingerprint density at radius 2 is 2.11 bits per heavy atom. The summed E-state index contributed by atoms with van der Waals surface area (Å²) in [5, 5.41) is 14.1. The Balaban J connectivity index is 2.53. The topological polar surface area (TPSA) is 41.6 Å². The van der Waals surface area contributed by atoms with Crippen LogP contribution in [0.15, 0.2) is 30.5 Å². The molecule has 1 aromatic carbocycles. The van der Waals surface area contributed by atoms with E-state index in [1.807, 2.05) is 24.3 Å². The Kier molecular flexibility index (Phi) is 3.69. The molecule has 0 aliphatic rings. The van der Waals surface area contributed by atoms with Crippen molar-refractivity contribution in [2.24, 2.45) is 7.05 Å². The molecule has 2 rings (SSSR count). The lowest BCUT2D eigenvalue weighted by molar-refractivity contribution is 0.743. The summed E-state index contributed by atoms with van der Waals surface area (Å²) in [7, 11) is 1.78. The Morgan fingerprint density at radius 1 is 1.39 bits per heavy atom. The third-order valence-corrected chi connectivity index (χ3v) is 3.48. The molecule has 1 atom stereocenters. The Morgan fingerprint density at radius 3 is 2.72 bits per heavy atom. The molecule has 0 N–H and O–H groups in total. The normalized spacial score (nSPS) is 12.1. The average molecular weight is 260 g/mol. The summed E-state index contributed by atoms with van der Waals surface area (Å²) >= 11 is 6.24. The van der Waals surface area contributed by atoms with Crippen LogP contribution < -0.4 is 0 Å². The van der Waals surface area contributed by atoms with E-state index in [0.29, 0.717) is 5.69 Å². The zero-order chi connectivity index (χ0) is 13.1. The fourth-order valence-corrected chi connectivity index (χ4v) is 2.48. The molecule has 18 heavy (non-hydrogen) atoms. The molecule has 2 aromatic rings. The summed E-state index contributed by atoms with van der Waals surface area (Å²) in [4.78, 5) is 0. The van der Waals surface area contributed by atoms with Gasteiger partial charge in [-0.3, -0.25) is 4.68 Å². The van der Waals surface area contributed by atoms with Gasteiger partial charge in [-0.25, -0.2) is 0 Å². The van der Waals surface area contributed by atoms with Crippen molar-refractivity contribution in [1.29, 1.82) is 5.26 Å². The molecule has 4 heteroatoms. The molecule has 0 spiro atoms. The van der Waals surface area contributed by atoms with Crippen LogP contribution in [0.5, 0.6) is 0 Å². The number of aryl methyl sites for hydroxylation is 1. The number of aromatic nitrogens is 2. The fraction of sp³-hybridized carbons (Fsp3) is 0.286. The minimum atomic E-state index is 0.113. The summed E-state index contributed by atoms with van der Waals surface area (Å²) in [6.45, 7) is 2.09. The molecule has 0 aliphatic carbocycles. The summed E-state index contributed by atoms with van der Waals surface area (Å²) in [5.41, 5.74) is 2.59. The third kappa shape index (κ3) is 2.12. The quantitative estimate of drug-likeness (QED) is 0.847. The number of hydrogen-bond donors (Lipinski definition) is 0. The number of hydrogen-bond acceptors (Lipinski definition) is 2. The molecule has 0 amide bonds. The first-order valence-electron chi connectivity index (χ1n) is 5.85. The molecule has 1 heterocycles. The molecule has 0 saturated carbocycles. The SMILES string of the molecule is CC[C@H](c1ccccc1Cl)c1cnn(C)c1C#N. The molecule has 1 aromatic heterocycles. The van der Waals surface area contributed by atoms with E-state index in [-0.39, 0.29) is 5.92 Å². The lowest BCUT2D eigenvalue weighted by Gasteiger charge is -2.15. The van der Waals surface area contributed by atoms with Gasteiger partial charge in [-0.05, 0) is 18.1 Å². The van der Waals surface area contributed by atoms with Crippen LogP contribution in [0.4, 0.5) is 0 Å². The van der Waals surface area contributed by atoms with Gasteiger partial charge in [0.05, 0.1) is 6.20 Å². The van der Waals surface area contributed by atoms with Gasteiger partial charge in [-0.1, -0.05) is 36.7 Å². The van der Waals surface area contributed by atoms with Crippen LogP contribution in [-0.4, -0.2) is 9.78 Å². The molecule has 0 unspecified atom stereocenters. The van der Waals surface area contributed by atoms with E-state index in [1.54, 1.807) is 17.9 Å². The van der Waals surface area contributed by atoms with Crippen molar-refractivity contribution >= 4 is 11.6 Å². The zero-order valence-electron chi connectivity index (χ0n) is 10.4. The highest BCUT2D eigenvalue weighted by molar-refractivity contribution is 6.31. The number of nitrogens with zero attached hydrogens (tertiary/aromatic N) is 3. The van der Waals surface area contributed by atoms with Gasteiger partial charge in [-0.2, -0.15) is 10.4 Å². The second kappa shape index (κ2) is 5.24. The maximum atomic E-state index is 9.20. The van der Waals surface area contributed by atoms with Gasteiger partial charge in [0, 0.05) is 23.6 Å². The van der Waals surface area contributed by atoms with E-state index in [9.17, 15) is 5.26 Å². The lowest BCUT2D eigenvalue weighted by Crippen LogP contribution is -2.03. The number of nitriles is 1. The minimum absolute atomic E-state index is 0.113. The standard InChI is InChI=1S/C14H14ClN3/c1-3-10(11-6-4-5-7-13(11)15)12-9-17-18(2)14(12)8-16/h4-7,9-10H,3H2,1-2H3/t10-/m1/s1. The van der Waals surface area contributed by atoms with Crippen molar-refractivity contribution in [3.63, 3.8) is 0 Å². The molecule has 92 valence electrons. The summed E-state index contributed by atoms with van der Waals surface area (Å²) in [6, 6.07) is 9.96. The van der Waals surface area contributed by atoms with Gasteiger partial charge in [0.25, 0.3) is 0 Å². The van der Waals surface area contributed by atoms with E-state index in [2.05, 4.69) is 18.1 Å². The molecule has 0 radical (unpaired) electrons. The average Bonchev–Trinajstić information content (AvgIpc) is 2.74. The minimum Gasteiger partial charge on any atom is -0.258 e. The van der Waals surface area contributed by atoms with Gasteiger partial charge in [0.15, 0.2) is 0 Å². The smallest absolute Gasteiger partial charge is 0.141 e. The van der Waals surface area contributed by atoms with Crippen LogP contribution in [0, 0.1) is 11.3 Å². The van der Waals surface area contributed by atoms with E-state index < -0.39 is 0 Å². The van der Waals surface area contributed by atoms with Crippen molar-refractivity contribution in [3.8, 4) is 6.07 Å². The van der Waals surface area contributed by atoms with Gasteiger partial charge >= 0.3 is 0 Å². The first-order chi connectivity index (χ1) is 8.69. The first kappa shape index (κ1) is 12.7. The van der Waals surface area contributed by atoms with Gasteiger partial charge in [-0.15, -0.1) is 0 Å². The van der Waals surface area contributed by atoms with Crippen LogP contribution in [-0.2, 0) is 7.05 Å². The van der Waals surface area contributed by atoms with E-state index >= 15 is 0 Å². The van der Waals surface area contributed by atoms with Crippen LogP contribution in [0.2, 0.25) is 5.02 Å². The summed E-state index contributed by atoms with van der Waals surface area (Å²) in [5.74, 6) is 0.113. The summed E-state index contributed by atoms with van der Waals surface area (Å²) in [6.07, 6.45) is 2.64. The Bertz CT molecular complexity index is 595. The molecular weight excluding hydrogens is 246 g/mol. The number of halogens is 1. The molecule has 3 nitrogen and oxygen atoms in total. The number of rotatable bonds is 3. The molecule has 0 aliphatic heterocycles. The van der Waals surface area contributed by atoms with Crippen LogP contribution in [0.1, 0.15) is 36.1 Å². The highest BCUT2D eigenvalue weighted by Crippen LogP contribution is 2.33. The zero-order valence-corrected chi connectivity index (χ0v) is 11.1. The van der Waals surface area contributed by atoms with Crippen molar-refractivity contribution < 1.29 is 0 Å². The second-order valence-corrected chi connectivity index (χ2v) is 4.57. The molecule has 0 fully saturated rings. The van der Waals surface area contributed by atoms with Crippen LogP contribution in [0.3, 0.4) is 0 Å². The predicted molar refractivity (Wildman–Crippen MR) is 71.5 cm³/mol. The molecule has 0 saturated heterocycles. The van der Waals surface area contributed by atoms with Crippen LogP contribution >= 0.6 is 11.6 Å². The molecule has 0 bridgehead atoms. The fourth-order valence-electron chi connectivity index (χ4n) is 2.21. The van der Waals surface area contributed by atoms with Crippen molar-refractivity contribution in [1.82, 2.24) is 9.78 Å². The van der Waals surface area contributed by atoms with E-state index in [0.717, 1.165) is 22.6 Å². The third-order valence-electron chi connectivity index (χ3n) is 3.14. The number of benzene rings is 1. The highest BCUT2D eigenvalue weighted by Gasteiger charge is 2.20. The van der Waals surface area contributed by atoms with Gasteiger partial charge in [0.1, 0.15) is 11.8 Å². The summed E-state index contributed by atoms with van der Waals surface area (Å²) < 4.78 is 1.61. The predicted octanol–water partition coefficient (Wildman–Crippen LogP) is 3.49. The monoisotopic (exact) mass is 259 g/mol. The lowest BCUT2D eigenvalue weighted by atomic mass is 9.89. The van der Waals surface area contributed by atoms with Gasteiger partial charge in [0.2, 0.25) is 0 Å². The molecular formula is C14H14ClN3. The van der Waals surface area contributed by atoms with Crippen molar-refractivity contribution in [2.45, 2.75) is 19.3 Å². The van der Waals surface area contributed by atoms with Crippen LogP contribution in [0.25, 0.3) is 0 Å². The maximum Gasteiger partial charge on any atom is 0.141 e. The largest absolute Gasteiger partial charge is 0.258 e. The Hall–Kier alpha value is -1.79.